The second-order valence-corrected chi connectivity index (χ2v) is 4.91. The first-order chi connectivity index (χ1) is 9.35. The van der Waals surface area contributed by atoms with Crippen molar-refractivity contribution in [3.05, 3.63) is 42.1 Å². The van der Waals surface area contributed by atoms with Crippen LogP contribution in [-0.4, -0.2) is 23.2 Å². The molecule has 2 rings (SSSR count). The Morgan fingerprint density at radius 3 is 2.89 bits per heavy atom. The summed E-state index contributed by atoms with van der Waals surface area (Å²) in [5, 5.41) is 13.7. The quantitative estimate of drug-likeness (QED) is 0.802. The van der Waals surface area contributed by atoms with Gasteiger partial charge in [0.15, 0.2) is 0 Å². The van der Waals surface area contributed by atoms with Gasteiger partial charge in [-0.2, -0.15) is 0 Å². The van der Waals surface area contributed by atoms with E-state index in [1.165, 1.54) is 10.9 Å². The van der Waals surface area contributed by atoms with E-state index in [1.54, 1.807) is 0 Å². The minimum atomic E-state index is 0.274. The number of aliphatic hydroxyl groups is 1. The van der Waals surface area contributed by atoms with Crippen LogP contribution in [0, 0.1) is 5.92 Å². The third-order valence-corrected chi connectivity index (χ3v) is 3.58. The third-order valence-electron chi connectivity index (χ3n) is 3.58. The maximum Gasteiger partial charge on any atom is 0.0746 e. The maximum atomic E-state index is 8.99. The molecular weight excluding hydrogens is 236 g/mol. The van der Waals surface area contributed by atoms with Crippen molar-refractivity contribution in [1.82, 2.24) is 10.3 Å². The van der Waals surface area contributed by atoms with E-state index in [4.69, 9.17) is 5.11 Å². The SMILES string of the molecule is CCC(CCO)CNCc1cccc2cccnc12. The molecule has 1 aromatic heterocycles. The van der Waals surface area contributed by atoms with Crippen LogP contribution in [0.4, 0.5) is 0 Å². The number of fused-ring (bicyclic) bond motifs is 1. The third kappa shape index (κ3) is 3.75. The van der Waals surface area contributed by atoms with Gasteiger partial charge >= 0.3 is 0 Å². The molecule has 3 nitrogen and oxygen atoms in total. The lowest BCUT2D eigenvalue weighted by Crippen LogP contribution is -2.23. The average molecular weight is 258 g/mol. The van der Waals surface area contributed by atoms with E-state index in [0.717, 1.165) is 31.4 Å². The predicted molar refractivity (Wildman–Crippen MR) is 78.9 cm³/mol. The predicted octanol–water partition coefficient (Wildman–Crippen LogP) is 2.73. The molecule has 19 heavy (non-hydrogen) atoms. The molecule has 0 aliphatic heterocycles. The summed E-state index contributed by atoms with van der Waals surface area (Å²) in [5.74, 6) is 0.549. The van der Waals surface area contributed by atoms with Crippen molar-refractivity contribution in [3.63, 3.8) is 0 Å². The highest BCUT2D eigenvalue weighted by Gasteiger charge is 2.06. The zero-order valence-electron chi connectivity index (χ0n) is 11.5. The fourth-order valence-corrected chi connectivity index (χ4v) is 2.35. The van der Waals surface area contributed by atoms with Crippen LogP contribution < -0.4 is 5.32 Å². The number of hydrogen-bond donors (Lipinski definition) is 2. The molecule has 1 aromatic carbocycles. The van der Waals surface area contributed by atoms with E-state index in [2.05, 4.69) is 41.5 Å². The minimum Gasteiger partial charge on any atom is -0.396 e. The van der Waals surface area contributed by atoms with Gasteiger partial charge in [-0.3, -0.25) is 4.98 Å². The molecule has 0 spiro atoms. The number of nitrogens with zero attached hydrogens (tertiary/aromatic N) is 1. The van der Waals surface area contributed by atoms with E-state index in [0.29, 0.717) is 5.92 Å². The standard InChI is InChI=1S/C16H22N2O/c1-2-13(8-10-19)11-17-12-15-6-3-5-14-7-4-9-18-16(14)15/h3-7,9,13,17,19H,2,8,10-12H2,1H3. The van der Waals surface area contributed by atoms with Crippen molar-refractivity contribution in [2.45, 2.75) is 26.3 Å². The van der Waals surface area contributed by atoms with Crippen LogP contribution >= 0.6 is 0 Å². The number of rotatable bonds is 7. The fraction of sp³-hybridized carbons (Fsp3) is 0.438. The number of benzene rings is 1. The summed E-state index contributed by atoms with van der Waals surface area (Å²) >= 11 is 0. The van der Waals surface area contributed by atoms with Crippen molar-refractivity contribution in [1.29, 1.82) is 0 Å². The Labute approximate surface area is 114 Å². The van der Waals surface area contributed by atoms with Crippen molar-refractivity contribution in [3.8, 4) is 0 Å². The van der Waals surface area contributed by atoms with Gasteiger partial charge in [-0.25, -0.2) is 0 Å². The molecule has 0 fully saturated rings. The number of nitrogens with one attached hydrogen (secondary N) is 1. The molecule has 0 saturated carbocycles. The van der Waals surface area contributed by atoms with Crippen LogP contribution in [0.25, 0.3) is 10.9 Å². The maximum absolute atomic E-state index is 8.99. The van der Waals surface area contributed by atoms with Crippen LogP contribution in [0.3, 0.4) is 0 Å². The van der Waals surface area contributed by atoms with Crippen LogP contribution in [0.1, 0.15) is 25.3 Å². The Bertz CT molecular complexity index is 508. The highest BCUT2D eigenvalue weighted by Crippen LogP contribution is 2.16. The first-order valence-corrected chi connectivity index (χ1v) is 6.99. The molecule has 2 aromatic rings. The normalized spacial score (nSPS) is 12.7. The molecule has 1 atom stereocenters. The topological polar surface area (TPSA) is 45.1 Å². The Morgan fingerprint density at radius 1 is 1.26 bits per heavy atom. The molecule has 0 aliphatic rings. The van der Waals surface area contributed by atoms with Gasteiger partial charge in [-0.15, -0.1) is 0 Å². The summed E-state index contributed by atoms with van der Waals surface area (Å²) in [6, 6.07) is 10.3. The Balaban J connectivity index is 1.98. The highest BCUT2D eigenvalue weighted by atomic mass is 16.3. The van der Waals surface area contributed by atoms with Gasteiger partial charge < -0.3 is 10.4 Å². The number of hydrogen-bond acceptors (Lipinski definition) is 3. The number of aromatic nitrogens is 1. The molecule has 2 N–H and O–H groups in total. The summed E-state index contributed by atoms with van der Waals surface area (Å²) in [5.41, 5.74) is 2.31. The summed E-state index contributed by atoms with van der Waals surface area (Å²) in [4.78, 5) is 4.46. The number of aliphatic hydroxyl groups excluding tert-OH is 1. The summed E-state index contributed by atoms with van der Waals surface area (Å²) in [6.45, 7) is 4.22. The first kappa shape index (κ1) is 14.0. The molecule has 102 valence electrons. The van der Waals surface area contributed by atoms with Crippen molar-refractivity contribution in [2.24, 2.45) is 5.92 Å². The minimum absolute atomic E-state index is 0.274. The second-order valence-electron chi connectivity index (χ2n) is 4.91. The highest BCUT2D eigenvalue weighted by molar-refractivity contribution is 5.81. The largest absolute Gasteiger partial charge is 0.396 e. The van der Waals surface area contributed by atoms with Crippen molar-refractivity contribution >= 4 is 10.9 Å². The Kier molecular flexibility index (Phi) is 5.31. The van der Waals surface area contributed by atoms with E-state index >= 15 is 0 Å². The Hall–Kier alpha value is -1.45. The molecule has 0 saturated heterocycles. The van der Waals surface area contributed by atoms with Gasteiger partial charge in [0.1, 0.15) is 0 Å². The lowest BCUT2D eigenvalue weighted by Gasteiger charge is -2.14. The van der Waals surface area contributed by atoms with Gasteiger partial charge in [0.2, 0.25) is 0 Å². The monoisotopic (exact) mass is 258 g/mol. The summed E-state index contributed by atoms with van der Waals surface area (Å²) in [7, 11) is 0. The van der Waals surface area contributed by atoms with Crippen LogP contribution in [-0.2, 0) is 6.54 Å². The van der Waals surface area contributed by atoms with E-state index in [-0.39, 0.29) is 6.61 Å². The zero-order chi connectivity index (χ0) is 13.5. The fourth-order valence-electron chi connectivity index (χ4n) is 2.35. The molecule has 1 unspecified atom stereocenters. The number of para-hydroxylation sites is 1. The average Bonchev–Trinajstić information content (AvgIpc) is 2.46. The first-order valence-electron chi connectivity index (χ1n) is 6.99. The summed E-state index contributed by atoms with van der Waals surface area (Å²) in [6.07, 6.45) is 3.81. The smallest absolute Gasteiger partial charge is 0.0746 e. The van der Waals surface area contributed by atoms with Gasteiger partial charge in [-0.1, -0.05) is 37.6 Å². The van der Waals surface area contributed by atoms with Crippen LogP contribution in [0.15, 0.2) is 36.5 Å². The molecule has 0 aliphatic carbocycles. The second kappa shape index (κ2) is 7.22. The molecule has 1 heterocycles. The lowest BCUT2D eigenvalue weighted by atomic mass is 10.0. The van der Waals surface area contributed by atoms with Crippen LogP contribution in [0.5, 0.6) is 0 Å². The van der Waals surface area contributed by atoms with Gasteiger partial charge in [0, 0.05) is 24.7 Å². The summed E-state index contributed by atoms with van der Waals surface area (Å²) < 4.78 is 0. The molecule has 0 amide bonds. The Morgan fingerprint density at radius 2 is 2.11 bits per heavy atom. The van der Waals surface area contributed by atoms with Crippen molar-refractivity contribution < 1.29 is 5.11 Å². The lowest BCUT2D eigenvalue weighted by molar-refractivity contribution is 0.251. The van der Waals surface area contributed by atoms with Gasteiger partial charge in [0.05, 0.1) is 5.52 Å². The van der Waals surface area contributed by atoms with Crippen molar-refractivity contribution in [2.75, 3.05) is 13.2 Å². The van der Waals surface area contributed by atoms with E-state index in [1.807, 2.05) is 12.3 Å². The van der Waals surface area contributed by atoms with E-state index in [9.17, 15) is 0 Å². The molecule has 3 heteroatoms. The van der Waals surface area contributed by atoms with Gasteiger partial charge in [-0.05, 0) is 30.5 Å². The van der Waals surface area contributed by atoms with E-state index < -0.39 is 0 Å². The molecule has 0 radical (unpaired) electrons. The molecular formula is C16H22N2O. The van der Waals surface area contributed by atoms with Gasteiger partial charge in [0.25, 0.3) is 0 Å². The molecule has 0 bridgehead atoms. The zero-order valence-corrected chi connectivity index (χ0v) is 11.5. The van der Waals surface area contributed by atoms with Crippen LogP contribution in [0.2, 0.25) is 0 Å². The number of pyridine rings is 1.